The average molecular weight is 292 g/mol. The minimum atomic E-state index is 0.188. The van der Waals surface area contributed by atoms with Crippen LogP contribution in [0.3, 0.4) is 0 Å². The van der Waals surface area contributed by atoms with Crippen molar-refractivity contribution in [2.75, 3.05) is 11.5 Å². The van der Waals surface area contributed by atoms with Crippen molar-refractivity contribution in [2.45, 2.75) is 6.42 Å². The Labute approximate surface area is 128 Å². The summed E-state index contributed by atoms with van der Waals surface area (Å²) in [6.07, 6.45) is 2.31. The Balaban J connectivity index is 1.71. The van der Waals surface area contributed by atoms with E-state index in [1.165, 1.54) is 0 Å². The number of rotatable bonds is 4. The first-order valence-electron chi connectivity index (χ1n) is 6.89. The van der Waals surface area contributed by atoms with E-state index < -0.39 is 0 Å². The van der Waals surface area contributed by atoms with Gasteiger partial charge in [-0.2, -0.15) is 4.98 Å². The van der Waals surface area contributed by atoms with Gasteiger partial charge < -0.3 is 16.2 Å². The molecular weight excluding hydrogens is 276 g/mol. The predicted octanol–water partition coefficient (Wildman–Crippen LogP) is 3.02. The first-order chi connectivity index (χ1) is 10.7. The fraction of sp³-hybridized carbons (Fsp3) is 0.0588. The molecule has 5 heteroatoms. The second-order valence-corrected chi connectivity index (χ2v) is 4.87. The van der Waals surface area contributed by atoms with Gasteiger partial charge in [0, 0.05) is 18.2 Å². The minimum Gasteiger partial charge on any atom is -0.457 e. The number of ether oxygens (including phenoxy) is 1. The number of nitrogens with zero attached hydrogens (tertiary/aromatic N) is 2. The zero-order valence-corrected chi connectivity index (χ0v) is 11.9. The quantitative estimate of drug-likeness (QED) is 0.771. The number of hydrogen-bond donors (Lipinski definition) is 2. The third-order valence-electron chi connectivity index (χ3n) is 3.21. The maximum Gasteiger partial charge on any atom is 0.221 e. The van der Waals surface area contributed by atoms with Crippen LogP contribution in [0.4, 0.5) is 11.8 Å². The lowest BCUT2D eigenvalue weighted by Gasteiger charge is -2.08. The van der Waals surface area contributed by atoms with E-state index in [1.807, 2.05) is 54.6 Å². The van der Waals surface area contributed by atoms with Crippen molar-refractivity contribution in [3.05, 3.63) is 71.9 Å². The molecule has 4 N–H and O–H groups in total. The smallest absolute Gasteiger partial charge is 0.221 e. The van der Waals surface area contributed by atoms with Gasteiger partial charge in [-0.05, 0) is 29.8 Å². The van der Waals surface area contributed by atoms with E-state index in [0.717, 1.165) is 22.6 Å². The van der Waals surface area contributed by atoms with Crippen molar-refractivity contribution in [3.63, 3.8) is 0 Å². The van der Waals surface area contributed by atoms with E-state index in [1.54, 1.807) is 6.20 Å². The third-order valence-corrected chi connectivity index (χ3v) is 3.21. The van der Waals surface area contributed by atoms with Crippen molar-refractivity contribution in [2.24, 2.45) is 0 Å². The molecule has 0 amide bonds. The molecule has 0 saturated carbocycles. The molecule has 2 aromatic carbocycles. The Hall–Kier alpha value is -3.08. The molecule has 1 heterocycles. The van der Waals surface area contributed by atoms with Crippen LogP contribution in [0.15, 0.2) is 60.8 Å². The standard InChI is InChI=1S/C17H16N4O/c18-16-13(11-20-17(19)21-16)10-12-6-8-15(9-7-12)22-14-4-2-1-3-5-14/h1-9,11H,10H2,(H4,18,19,20,21). The van der Waals surface area contributed by atoms with Crippen molar-refractivity contribution in [1.29, 1.82) is 0 Å². The van der Waals surface area contributed by atoms with Crippen LogP contribution >= 0.6 is 0 Å². The van der Waals surface area contributed by atoms with Gasteiger partial charge >= 0.3 is 0 Å². The molecule has 0 aliphatic heterocycles. The average Bonchev–Trinajstić information content (AvgIpc) is 2.53. The Kier molecular flexibility index (Phi) is 3.87. The second kappa shape index (κ2) is 6.13. The van der Waals surface area contributed by atoms with E-state index in [2.05, 4.69) is 9.97 Å². The Bertz CT molecular complexity index is 757. The summed E-state index contributed by atoms with van der Waals surface area (Å²) < 4.78 is 5.76. The van der Waals surface area contributed by atoms with Gasteiger partial charge in [-0.15, -0.1) is 0 Å². The molecule has 0 atom stereocenters. The van der Waals surface area contributed by atoms with Gasteiger partial charge in [-0.1, -0.05) is 30.3 Å². The highest BCUT2D eigenvalue weighted by atomic mass is 16.5. The summed E-state index contributed by atoms with van der Waals surface area (Å²) in [6.45, 7) is 0. The summed E-state index contributed by atoms with van der Waals surface area (Å²) in [7, 11) is 0. The van der Waals surface area contributed by atoms with Crippen LogP contribution in [0.5, 0.6) is 11.5 Å². The minimum absolute atomic E-state index is 0.188. The van der Waals surface area contributed by atoms with Gasteiger partial charge in [0.05, 0.1) is 0 Å². The molecule has 0 fully saturated rings. The lowest BCUT2D eigenvalue weighted by atomic mass is 10.1. The molecule has 5 nitrogen and oxygen atoms in total. The van der Waals surface area contributed by atoms with Gasteiger partial charge in [0.25, 0.3) is 0 Å². The Morgan fingerprint density at radius 1 is 0.864 bits per heavy atom. The van der Waals surface area contributed by atoms with Crippen molar-refractivity contribution in [1.82, 2.24) is 9.97 Å². The van der Waals surface area contributed by atoms with Crippen LogP contribution < -0.4 is 16.2 Å². The highest BCUT2D eigenvalue weighted by Crippen LogP contribution is 2.22. The van der Waals surface area contributed by atoms with E-state index in [9.17, 15) is 0 Å². The first kappa shape index (κ1) is 13.9. The zero-order valence-electron chi connectivity index (χ0n) is 11.9. The molecule has 3 aromatic rings. The molecule has 0 saturated heterocycles. The van der Waals surface area contributed by atoms with E-state index in [0.29, 0.717) is 12.2 Å². The van der Waals surface area contributed by atoms with Crippen molar-refractivity contribution >= 4 is 11.8 Å². The number of hydrogen-bond acceptors (Lipinski definition) is 5. The largest absolute Gasteiger partial charge is 0.457 e. The molecule has 0 aliphatic carbocycles. The molecule has 1 aromatic heterocycles. The highest BCUT2D eigenvalue weighted by molar-refractivity contribution is 5.44. The van der Waals surface area contributed by atoms with Crippen LogP contribution in [-0.4, -0.2) is 9.97 Å². The van der Waals surface area contributed by atoms with Gasteiger partial charge in [-0.25, -0.2) is 4.98 Å². The van der Waals surface area contributed by atoms with Crippen molar-refractivity contribution in [3.8, 4) is 11.5 Å². The SMILES string of the molecule is Nc1ncc(Cc2ccc(Oc3ccccc3)cc2)c(N)n1. The van der Waals surface area contributed by atoms with Crippen LogP contribution in [-0.2, 0) is 6.42 Å². The molecule has 0 spiro atoms. The summed E-state index contributed by atoms with van der Waals surface area (Å²) in [5, 5.41) is 0. The van der Waals surface area contributed by atoms with Gasteiger partial charge in [-0.3, -0.25) is 0 Å². The third kappa shape index (κ3) is 3.32. The summed E-state index contributed by atoms with van der Waals surface area (Å²) >= 11 is 0. The number of aromatic nitrogens is 2. The van der Waals surface area contributed by atoms with E-state index in [-0.39, 0.29) is 5.95 Å². The normalized spacial score (nSPS) is 10.4. The number of para-hydroxylation sites is 1. The predicted molar refractivity (Wildman–Crippen MR) is 86.6 cm³/mol. The molecule has 0 aliphatic rings. The number of nitrogen functional groups attached to an aromatic ring is 2. The van der Waals surface area contributed by atoms with Gasteiger partial charge in [0.2, 0.25) is 5.95 Å². The van der Waals surface area contributed by atoms with Crippen molar-refractivity contribution < 1.29 is 4.74 Å². The summed E-state index contributed by atoms with van der Waals surface area (Å²) in [5.41, 5.74) is 13.3. The van der Waals surface area contributed by atoms with Gasteiger partial charge in [0.15, 0.2) is 0 Å². The fourth-order valence-corrected chi connectivity index (χ4v) is 2.09. The summed E-state index contributed by atoms with van der Waals surface area (Å²) in [6, 6.07) is 17.5. The Morgan fingerprint density at radius 3 is 2.23 bits per heavy atom. The highest BCUT2D eigenvalue weighted by Gasteiger charge is 2.04. The Morgan fingerprint density at radius 2 is 1.55 bits per heavy atom. The van der Waals surface area contributed by atoms with Crippen LogP contribution in [0.1, 0.15) is 11.1 Å². The second-order valence-electron chi connectivity index (χ2n) is 4.87. The molecule has 3 rings (SSSR count). The number of nitrogens with two attached hydrogens (primary N) is 2. The summed E-state index contributed by atoms with van der Waals surface area (Å²) in [4.78, 5) is 7.93. The topological polar surface area (TPSA) is 87.0 Å². The lowest BCUT2D eigenvalue weighted by Crippen LogP contribution is -2.03. The monoisotopic (exact) mass is 292 g/mol. The molecule has 0 bridgehead atoms. The number of anilines is 2. The summed E-state index contributed by atoms with van der Waals surface area (Å²) in [5.74, 6) is 2.20. The van der Waals surface area contributed by atoms with Crippen LogP contribution in [0, 0.1) is 0 Å². The molecule has 22 heavy (non-hydrogen) atoms. The van der Waals surface area contributed by atoms with E-state index in [4.69, 9.17) is 16.2 Å². The zero-order chi connectivity index (χ0) is 15.4. The van der Waals surface area contributed by atoms with Crippen LogP contribution in [0.25, 0.3) is 0 Å². The lowest BCUT2D eigenvalue weighted by molar-refractivity contribution is 0.482. The molecule has 0 radical (unpaired) electrons. The number of benzene rings is 2. The fourth-order valence-electron chi connectivity index (χ4n) is 2.09. The van der Waals surface area contributed by atoms with Crippen LogP contribution in [0.2, 0.25) is 0 Å². The molecule has 0 unspecified atom stereocenters. The maximum atomic E-state index is 5.85. The first-order valence-corrected chi connectivity index (χ1v) is 6.89. The molecular formula is C17H16N4O. The molecule has 110 valence electrons. The maximum absolute atomic E-state index is 5.85. The van der Waals surface area contributed by atoms with Gasteiger partial charge in [0.1, 0.15) is 17.3 Å². The van der Waals surface area contributed by atoms with E-state index >= 15 is 0 Å².